The smallest absolute Gasteiger partial charge is 0.220 e. The fraction of sp³-hybridized carbons (Fsp3) is 0.717. The van der Waals surface area contributed by atoms with E-state index in [1.807, 2.05) is 6.08 Å². The van der Waals surface area contributed by atoms with E-state index in [1.165, 1.54) is 83.5 Å². The van der Waals surface area contributed by atoms with Crippen molar-refractivity contribution in [2.45, 2.75) is 230 Å². The van der Waals surface area contributed by atoms with E-state index in [2.05, 4.69) is 92.1 Å². The average Bonchev–Trinajstić information content (AvgIpc) is 3.27. The fourth-order valence-electron chi connectivity index (χ4n) is 7.26. The molecule has 0 aliphatic carbocycles. The number of unbranched alkanes of at least 4 members (excludes halogenated alkanes) is 18. The predicted octanol–water partition coefficient (Wildman–Crippen LogP) is 11.1. The van der Waals surface area contributed by atoms with Gasteiger partial charge in [-0.05, 0) is 77.0 Å². The number of aliphatic hydroxyl groups is 5. The van der Waals surface area contributed by atoms with Crippen LogP contribution in [0.4, 0.5) is 0 Å². The average molecular weight is 870 g/mol. The Balaban J connectivity index is 2.30. The Morgan fingerprint density at radius 3 is 1.55 bits per heavy atom. The number of allylic oxidation sites excluding steroid dienone is 13. The molecule has 7 unspecified atom stereocenters. The summed E-state index contributed by atoms with van der Waals surface area (Å²) in [5, 5.41) is 54.2. The third kappa shape index (κ3) is 32.1. The van der Waals surface area contributed by atoms with E-state index in [0.29, 0.717) is 6.42 Å². The van der Waals surface area contributed by atoms with Crippen molar-refractivity contribution >= 4 is 5.91 Å². The van der Waals surface area contributed by atoms with Crippen LogP contribution < -0.4 is 5.32 Å². The molecule has 0 aromatic carbocycles. The van der Waals surface area contributed by atoms with E-state index in [4.69, 9.17) is 9.47 Å². The summed E-state index contributed by atoms with van der Waals surface area (Å²) in [7, 11) is 0. The number of amides is 1. The molecule has 9 heteroatoms. The Bertz CT molecular complexity index is 1240. The maximum absolute atomic E-state index is 13.0. The van der Waals surface area contributed by atoms with Gasteiger partial charge < -0.3 is 40.3 Å². The van der Waals surface area contributed by atoms with Crippen molar-refractivity contribution in [1.29, 1.82) is 0 Å². The fourth-order valence-corrected chi connectivity index (χ4v) is 7.26. The largest absolute Gasteiger partial charge is 0.394 e. The molecule has 1 rings (SSSR count). The minimum Gasteiger partial charge on any atom is -0.394 e. The second-order valence-corrected chi connectivity index (χ2v) is 16.9. The number of carbonyl (C=O) groups excluding carboxylic acids is 1. The van der Waals surface area contributed by atoms with Crippen LogP contribution in [0.25, 0.3) is 0 Å². The molecule has 0 radical (unpaired) electrons. The summed E-state index contributed by atoms with van der Waals surface area (Å²) in [5.41, 5.74) is 0. The molecule has 6 N–H and O–H groups in total. The van der Waals surface area contributed by atoms with Gasteiger partial charge in [-0.2, -0.15) is 0 Å². The molecule has 1 fully saturated rings. The Labute approximate surface area is 378 Å². The van der Waals surface area contributed by atoms with E-state index in [1.54, 1.807) is 6.08 Å². The first-order valence-corrected chi connectivity index (χ1v) is 24.8. The van der Waals surface area contributed by atoms with Crippen LogP contribution in [0.1, 0.15) is 187 Å². The highest BCUT2D eigenvalue weighted by Gasteiger charge is 2.44. The molecule has 0 spiro atoms. The SMILES string of the molecule is CC/C=C\C/C=C\C/C=C\C/C=C\C/C=C\CCCCCCCCCCCC(=O)NC(COC1OC(CO)C(O)C(O)C1O)C(O)/C=C/CC/C=C/CCCCCCCCCC. The minimum absolute atomic E-state index is 0.198. The molecule has 62 heavy (non-hydrogen) atoms. The van der Waals surface area contributed by atoms with Crippen LogP contribution in [0.3, 0.4) is 0 Å². The van der Waals surface area contributed by atoms with Crippen LogP contribution >= 0.6 is 0 Å². The van der Waals surface area contributed by atoms with Gasteiger partial charge in [-0.1, -0.05) is 189 Å². The summed E-state index contributed by atoms with van der Waals surface area (Å²) in [6, 6.07) is -0.829. The Kier molecular flexibility index (Phi) is 39.2. The molecule has 1 heterocycles. The van der Waals surface area contributed by atoms with Gasteiger partial charge in [-0.25, -0.2) is 0 Å². The van der Waals surface area contributed by atoms with E-state index >= 15 is 0 Å². The van der Waals surface area contributed by atoms with Crippen LogP contribution in [0.15, 0.2) is 85.1 Å². The highest BCUT2D eigenvalue weighted by atomic mass is 16.7. The van der Waals surface area contributed by atoms with Crippen molar-refractivity contribution in [3.8, 4) is 0 Å². The normalized spacial score (nSPS) is 21.0. The zero-order valence-electron chi connectivity index (χ0n) is 39.1. The molecule has 0 aromatic heterocycles. The standard InChI is InChI=1S/C53H91NO8/c1-3-5-7-9-11-13-15-17-19-20-21-22-23-24-25-26-27-28-29-31-33-35-37-39-41-43-49(57)54-46(45-61-53-52(60)51(59)50(58)48(44-55)62-53)47(56)42-40-38-36-34-32-30-18-16-14-12-10-8-6-4-2/h5,7,11,13,17,19,21-22,24-25,32,34,40,42,46-48,50-53,55-56,58-60H,3-4,6,8-10,12,14-16,18,20,23,26-31,33,35-39,41,43-45H2,1-2H3,(H,54,57)/b7-5-,13-11-,19-17-,22-21-,25-24-,34-32+,42-40+. The van der Waals surface area contributed by atoms with Crippen molar-refractivity contribution in [3.63, 3.8) is 0 Å². The molecule has 1 saturated heterocycles. The van der Waals surface area contributed by atoms with Gasteiger partial charge in [0, 0.05) is 6.42 Å². The monoisotopic (exact) mass is 870 g/mol. The van der Waals surface area contributed by atoms with Crippen LogP contribution in [0.5, 0.6) is 0 Å². The summed E-state index contributed by atoms with van der Waals surface area (Å²) in [4.78, 5) is 13.0. The van der Waals surface area contributed by atoms with Crippen LogP contribution in [0, 0.1) is 0 Å². The number of nitrogens with one attached hydrogen (secondary N) is 1. The van der Waals surface area contributed by atoms with Gasteiger partial charge >= 0.3 is 0 Å². The second kappa shape index (κ2) is 42.3. The Morgan fingerprint density at radius 2 is 1.02 bits per heavy atom. The number of aliphatic hydroxyl groups excluding tert-OH is 5. The summed E-state index contributed by atoms with van der Waals surface area (Å²) in [5.74, 6) is -0.198. The summed E-state index contributed by atoms with van der Waals surface area (Å²) < 4.78 is 11.2. The van der Waals surface area contributed by atoms with Crippen molar-refractivity contribution in [2.24, 2.45) is 0 Å². The van der Waals surface area contributed by atoms with Gasteiger partial charge in [0.15, 0.2) is 6.29 Å². The lowest BCUT2D eigenvalue weighted by molar-refractivity contribution is -0.302. The molecule has 356 valence electrons. The summed E-state index contributed by atoms with van der Waals surface area (Å²) in [6.07, 6.45) is 52.0. The number of ether oxygens (including phenoxy) is 2. The molecule has 0 saturated carbocycles. The highest BCUT2D eigenvalue weighted by Crippen LogP contribution is 2.22. The van der Waals surface area contributed by atoms with Gasteiger partial charge in [0.25, 0.3) is 0 Å². The summed E-state index contributed by atoms with van der Waals surface area (Å²) >= 11 is 0. The number of rotatable bonds is 40. The van der Waals surface area contributed by atoms with Crippen LogP contribution in [0.2, 0.25) is 0 Å². The Morgan fingerprint density at radius 1 is 0.565 bits per heavy atom. The lowest BCUT2D eigenvalue weighted by atomic mass is 9.99. The van der Waals surface area contributed by atoms with Gasteiger partial charge in [0.05, 0.1) is 25.4 Å². The van der Waals surface area contributed by atoms with Crippen molar-refractivity contribution in [2.75, 3.05) is 13.2 Å². The Hall–Kier alpha value is -2.63. The number of hydrogen-bond donors (Lipinski definition) is 6. The first-order chi connectivity index (χ1) is 30.3. The van der Waals surface area contributed by atoms with Gasteiger partial charge in [-0.3, -0.25) is 4.79 Å². The highest BCUT2D eigenvalue weighted by molar-refractivity contribution is 5.76. The zero-order valence-corrected chi connectivity index (χ0v) is 39.1. The van der Waals surface area contributed by atoms with Gasteiger partial charge in [0.2, 0.25) is 5.91 Å². The molecule has 0 aromatic rings. The molecular weight excluding hydrogens is 779 g/mol. The molecule has 7 atom stereocenters. The topological polar surface area (TPSA) is 149 Å². The maximum Gasteiger partial charge on any atom is 0.220 e. The zero-order chi connectivity index (χ0) is 45.1. The van der Waals surface area contributed by atoms with Crippen molar-refractivity contribution in [3.05, 3.63) is 85.1 Å². The molecule has 1 aliphatic rings. The van der Waals surface area contributed by atoms with E-state index in [-0.39, 0.29) is 12.5 Å². The number of carbonyl (C=O) groups is 1. The lowest BCUT2D eigenvalue weighted by Gasteiger charge is -2.40. The molecular formula is C53H91NO8. The molecule has 1 aliphatic heterocycles. The third-order valence-electron chi connectivity index (χ3n) is 11.2. The second-order valence-electron chi connectivity index (χ2n) is 16.9. The van der Waals surface area contributed by atoms with Crippen molar-refractivity contribution < 1.29 is 39.8 Å². The predicted molar refractivity (Wildman–Crippen MR) is 258 cm³/mol. The van der Waals surface area contributed by atoms with Crippen molar-refractivity contribution in [1.82, 2.24) is 5.32 Å². The van der Waals surface area contributed by atoms with E-state index in [0.717, 1.165) is 83.5 Å². The first-order valence-electron chi connectivity index (χ1n) is 24.8. The third-order valence-corrected chi connectivity index (χ3v) is 11.2. The molecule has 1 amide bonds. The van der Waals surface area contributed by atoms with Crippen LogP contribution in [-0.2, 0) is 14.3 Å². The van der Waals surface area contributed by atoms with Crippen LogP contribution in [-0.4, -0.2) is 87.5 Å². The lowest BCUT2D eigenvalue weighted by Crippen LogP contribution is -2.60. The molecule has 0 bridgehead atoms. The van der Waals surface area contributed by atoms with Gasteiger partial charge in [-0.15, -0.1) is 0 Å². The number of hydrogen-bond acceptors (Lipinski definition) is 8. The van der Waals surface area contributed by atoms with E-state index < -0.39 is 49.5 Å². The summed E-state index contributed by atoms with van der Waals surface area (Å²) in [6.45, 7) is 3.62. The minimum atomic E-state index is -1.58. The first kappa shape index (κ1) is 57.4. The quantitative estimate of drug-likeness (QED) is 0.0263. The van der Waals surface area contributed by atoms with Gasteiger partial charge in [0.1, 0.15) is 24.4 Å². The van der Waals surface area contributed by atoms with E-state index in [9.17, 15) is 30.3 Å². The maximum atomic E-state index is 13.0. The molecule has 9 nitrogen and oxygen atoms in total.